The Kier molecular flexibility index (Phi) is 6.83. The molecule has 0 unspecified atom stereocenters. The third-order valence-electron chi connectivity index (χ3n) is 3.78. The summed E-state index contributed by atoms with van der Waals surface area (Å²) in [6.07, 6.45) is -4.37. The van der Waals surface area contributed by atoms with Crippen molar-refractivity contribution in [2.75, 3.05) is 11.9 Å². The standard InChI is InChI=1S/C19H16F3N3O3S2/c1-2-28-16(27)8-14-10-30-18(24-14)25-15(26)7-13-9-29-17(23-13)11-3-5-12(6-4-11)19(20,21)22/h3-6,9-10H,2,7-8H2,1H3,(H,24,25,26). The highest BCUT2D eigenvalue weighted by atomic mass is 32.1. The molecule has 2 aromatic heterocycles. The number of nitrogens with one attached hydrogen (secondary N) is 1. The molecule has 6 nitrogen and oxygen atoms in total. The van der Waals surface area contributed by atoms with Gasteiger partial charge in [0.05, 0.1) is 36.4 Å². The molecule has 0 fully saturated rings. The van der Waals surface area contributed by atoms with Crippen LogP contribution in [0.2, 0.25) is 0 Å². The quantitative estimate of drug-likeness (QED) is 0.528. The zero-order chi connectivity index (χ0) is 21.7. The molecule has 0 radical (unpaired) electrons. The van der Waals surface area contributed by atoms with E-state index in [2.05, 4.69) is 15.3 Å². The molecule has 1 N–H and O–H groups in total. The van der Waals surface area contributed by atoms with E-state index in [9.17, 15) is 22.8 Å². The van der Waals surface area contributed by atoms with Crippen LogP contribution in [0.15, 0.2) is 35.0 Å². The van der Waals surface area contributed by atoms with Crippen molar-refractivity contribution in [2.24, 2.45) is 0 Å². The largest absolute Gasteiger partial charge is 0.466 e. The summed E-state index contributed by atoms with van der Waals surface area (Å²) in [6.45, 7) is 2.00. The van der Waals surface area contributed by atoms with Gasteiger partial charge in [-0.3, -0.25) is 9.59 Å². The molecule has 0 spiro atoms. The first-order valence-corrected chi connectivity index (χ1v) is 10.5. The fraction of sp³-hybridized carbons (Fsp3) is 0.263. The third kappa shape index (κ3) is 5.86. The smallest absolute Gasteiger partial charge is 0.416 e. The van der Waals surface area contributed by atoms with Crippen LogP contribution in [-0.4, -0.2) is 28.5 Å². The molecule has 0 saturated carbocycles. The molecule has 0 aliphatic rings. The number of aromatic nitrogens is 2. The molecule has 1 amide bonds. The van der Waals surface area contributed by atoms with E-state index in [-0.39, 0.29) is 31.3 Å². The molecule has 2 heterocycles. The van der Waals surface area contributed by atoms with Gasteiger partial charge >= 0.3 is 12.1 Å². The lowest BCUT2D eigenvalue weighted by atomic mass is 10.1. The highest BCUT2D eigenvalue weighted by Gasteiger charge is 2.30. The lowest BCUT2D eigenvalue weighted by Crippen LogP contribution is -2.14. The Hall–Kier alpha value is -2.79. The van der Waals surface area contributed by atoms with E-state index in [0.29, 0.717) is 27.1 Å². The monoisotopic (exact) mass is 455 g/mol. The number of rotatable bonds is 7. The van der Waals surface area contributed by atoms with E-state index >= 15 is 0 Å². The van der Waals surface area contributed by atoms with E-state index in [1.165, 1.54) is 34.8 Å². The fourth-order valence-corrected chi connectivity index (χ4v) is 4.01. The summed E-state index contributed by atoms with van der Waals surface area (Å²) in [5.74, 6) is -0.727. The SMILES string of the molecule is CCOC(=O)Cc1csc(NC(=O)Cc2csc(-c3ccc(C(F)(F)F)cc3)n2)n1. The van der Waals surface area contributed by atoms with Gasteiger partial charge in [-0.15, -0.1) is 22.7 Å². The molecule has 3 rings (SSSR count). The number of hydrogen-bond donors (Lipinski definition) is 1. The fourth-order valence-electron chi connectivity index (χ4n) is 2.46. The van der Waals surface area contributed by atoms with E-state index in [1.807, 2.05) is 0 Å². The Morgan fingerprint density at radius 3 is 2.37 bits per heavy atom. The maximum atomic E-state index is 12.7. The summed E-state index contributed by atoms with van der Waals surface area (Å²) in [6, 6.07) is 4.71. The molecule has 0 saturated heterocycles. The Morgan fingerprint density at radius 1 is 1.03 bits per heavy atom. The second-order valence-electron chi connectivity index (χ2n) is 6.07. The highest BCUT2D eigenvalue weighted by molar-refractivity contribution is 7.14. The molecule has 0 aliphatic heterocycles. The van der Waals surface area contributed by atoms with E-state index in [1.54, 1.807) is 17.7 Å². The normalized spacial score (nSPS) is 11.3. The lowest BCUT2D eigenvalue weighted by molar-refractivity contribution is -0.142. The third-order valence-corrected chi connectivity index (χ3v) is 5.53. The number of alkyl halides is 3. The summed E-state index contributed by atoms with van der Waals surface area (Å²) in [7, 11) is 0. The number of esters is 1. The number of thiazole rings is 2. The van der Waals surface area contributed by atoms with E-state index < -0.39 is 11.7 Å². The lowest BCUT2D eigenvalue weighted by Gasteiger charge is -2.06. The molecular formula is C19H16F3N3O3S2. The van der Waals surface area contributed by atoms with Crippen LogP contribution in [0, 0.1) is 0 Å². The summed E-state index contributed by atoms with van der Waals surface area (Å²) in [5, 5.41) is 6.88. The molecule has 1 aromatic carbocycles. The Balaban J connectivity index is 1.57. The number of carbonyl (C=O) groups excluding carboxylic acids is 2. The van der Waals surface area contributed by atoms with Crippen LogP contribution in [0.4, 0.5) is 18.3 Å². The number of hydrogen-bond acceptors (Lipinski definition) is 7. The van der Waals surface area contributed by atoms with Gasteiger partial charge in [0.1, 0.15) is 5.01 Å². The van der Waals surface area contributed by atoms with Crippen molar-refractivity contribution in [1.82, 2.24) is 9.97 Å². The summed E-state index contributed by atoms with van der Waals surface area (Å²) in [5.41, 5.74) is 0.819. The van der Waals surface area contributed by atoms with Crippen molar-refractivity contribution in [2.45, 2.75) is 25.9 Å². The predicted molar refractivity (Wildman–Crippen MR) is 107 cm³/mol. The van der Waals surface area contributed by atoms with Gasteiger partial charge in [-0.25, -0.2) is 9.97 Å². The predicted octanol–water partition coefficient (Wildman–Crippen LogP) is 4.57. The van der Waals surface area contributed by atoms with Gasteiger partial charge in [0, 0.05) is 16.3 Å². The van der Waals surface area contributed by atoms with Crippen molar-refractivity contribution in [1.29, 1.82) is 0 Å². The number of ether oxygens (including phenoxy) is 1. The summed E-state index contributed by atoms with van der Waals surface area (Å²) >= 11 is 2.44. The molecule has 158 valence electrons. The van der Waals surface area contributed by atoms with Crippen LogP contribution < -0.4 is 5.32 Å². The highest BCUT2D eigenvalue weighted by Crippen LogP contribution is 2.31. The van der Waals surface area contributed by atoms with Gasteiger partial charge in [0.2, 0.25) is 5.91 Å². The summed E-state index contributed by atoms with van der Waals surface area (Å²) < 4.78 is 42.8. The average Bonchev–Trinajstić information content (AvgIpc) is 3.31. The van der Waals surface area contributed by atoms with Gasteiger partial charge in [-0.1, -0.05) is 12.1 Å². The van der Waals surface area contributed by atoms with Gasteiger partial charge < -0.3 is 10.1 Å². The zero-order valence-electron chi connectivity index (χ0n) is 15.7. The first-order chi connectivity index (χ1) is 14.2. The number of anilines is 1. The second kappa shape index (κ2) is 9.35. The molecular weight excluding hydrogens is 439 g/mol. The van der Waals surface area contributed by atoms with Crippen molar-refractivity contribution < 1.29 is 27.5 Å². The van der Waals surface area contributed by atoms with Crippen molar-refractivity contribution in [3.8, 4) is 10.6 Å². The maximum Gasteiger partial charge on any atom is 0.416 e. The second-order valence-corrected chi connectivity index (χ2v) is 7.79. The van der Waals surface area contributed by atoms with Crippen molar-refractivity contribution >= 4 is 39.7 Å². The minimum absolute atomic E-state index is 0.01000. The van der Waals surface area contributed by atoms with Crippen molar-refractivity contribution in [3.05, 3.63) is 52.0 Å². The van der Waals surface area contributed by atoms with Crippen molar-refractivity contribution in [3.63, 3.8) is 0 Å². The van der Waals surface area contributed by atoms with E-state index in [0.717, 1.165) is 12.1 Å². The van der Waals surface area contributed by atoms with Crippen LogP contribution in [0.25, 0.3) is 10.6 Å². The van der Waals surface area contributed by atoms with Crippen LogP contribution in [0.1, 0.15) is 23.9 Å². The molecule has 11 heteroatoms. The number of halogens is 3. The molecule has 0 aliphatic carbocycles. The first kappa shape index (κ1) is 21.9. The minimum atomic E-state index is -4.39. The number of carbonyl (C=O) groups is 2. The van der Waals surface area contributed by atoms with Gasteiger partial charge in [0.25, 0.3) is 0 Å². The Labute approximate surface area is 177 Å². The Morgan fingerprint density at radius 2 is 1.70 bits per heavy atom. The number of amides is 1. The zero-order valence-corrected chi connectivity index (χ0v) is 17.3. The molecule has 3 aromatic rings. The minimum Gasteiger partial charge on any atom is -0.466 e. The van der Waals surface area contributed by atoms with Crippen LogP contribution >= 0.6 is 22.7 Å². The molecule has 0 bridgehead atoms. The average molecular weight is 455 g/mol. The molecule has 30 heavy (non-hydrogen) atoms. The topological polar surface area (TPSA) is 81.2 Å². The molecule has 0 atom stereocenters. The first-order valence-electron chi connectivity index (χ1n) is 8.76. The Bertz CT molecular complexity index is 1030. The van der Waals surface area contributed by atoms with E-state index in [4.69, 9.17) is 4.74 Å². The van der Waals surface area contributed by atoms with Gasteiger partial charge in [-0.05, 0) is 19.1 Å². The number of nitrogens with zero attached hydrogens (tertiary/aromatic N) is 2. The van der Waals surface area contributed by atoms with Crippen LogP contribution in [-0.2, 0) is 33.3 Å². The van der Waals surface area contributed by atoms with Crippen LogP contribution in [0.5, 0.6) is 0 Å². The number of benzene rings is 1. The maximum absolute atomic E-state index is 12.7. The van der Waals surface area contributed by atoms with Gasteiger partial charge in [0.15, 0.2) is 5.13 Å². The van der Waals surface area contributed by atoms with Crippen LogP contribution in [0.3, 0.4) is 0 Å². The van der Waals surface area contributed by atoms with Gasteiger partial charge in [-0.2, -0.15) is 13.2 Å². The summed E-state index contributed by atoms with van der Waals surface area (Å²) in [4.78, 5) is 32.2.